The normalized spacial score (nSPS) is 28.9. The Balaban J connectivity index is 0.00000274. The second-order valence-corrected chi connectivity index (χ2v) is 12.4. The van der Waals surface area contributed by atoms with E-state index in [-0.39, 0.29) is 12.4 Å². The van der Waals surface area contributed by atoms with Crippen LogP contribution in [0.5, 0.6) is 0 Å². The van der Waals surface area contributed by atoms with Crippen molar-refractivity contribution in [2.45, 2.75) is 90.8 Å². The summed E-state index contributed by atoms with van der Waals surface area (Å²) >= 11 is 0. The summed E-state index contributed by atoms with van der Waals surface area (Å²) in [6.45, 7) is 17.5. The third-order valence-corrected chi connectivity index (χ3v) is 9.03. The van der Waals surface area contributed by atoms with Gasteiger partial charge in [-0.05, 0) is 93.4 Å². The summed E-state index contributed by atoms with van der Waals surface area (Å²) in [5.74, 6) is 1.69. The van der Waals surface area contributed by atoms with Gasteiger partial charge >= 0.3 is 0 Å². The van der Waals surface area contributed by atoms with E-state index < -0.39 is 0 Å². The van der Waals surface area contributed by atoms with Crippen LogP contribution in [0.1, 0.15) is 84.1 Å². The molecular formula is C29H48ClN3O. The largest absolute Gasteiger partial charge is 0.372 e. The van der Waals surface area contributed by atoms with E-state index in [1.165, 1.54) is 89.0 Å². The van der Waals surface area contributed by atoms with Crippen molar-refractivity contribution in [3.63, 3.8) is 0 Å². The summed E-state index contributed by atoms with van der Waals surface area (Å²) in [5, 5.41) is 0. The molecule has 4 nitrogen and oxygen atoms in total. The Hall–Kier alpha value is -0.970. The summed E-state index contributed by atoms with van der Waals surface area (Å²) < 4.78 is 6.02. The third kappa shape index (κ3) is 6.05. The van der Waals surface area contributed by atoms with Gasteiger partial charge in [-0.15, -0.1) is 12.4 Å². The fraction of sp³-hybridized carbons (Fsp3) is 0.793. The van der Waals surface area contributed by atoms with Crippen LogP contribution in [0.25, 0.3) is 0 Å². The molecule has 2 saturated heterocycles. The van der Waals surface area contributed by atoms with Crippen LogP contribution in [0.2, 0.25) is 0 Å². The Morgan fingerprint density at radius 3 is 2.12 bits per heavy atom. The minimum atomic E-state index is 0. The van der Waals surface area contributed by atoms with E-state index in [2.05, 4.69) is 60.6 Å². The predicted octanol–water partition coefficient (Wildman–Crippen LogP) is 6.33. The van der Waals surface area contributed by atoms with Gasteiger partial charge in [-0.25, -0.2) is 0 Å². The molecule has 2 saturated carbocycles. The van der Waals surface area contributed by atoms with Gasteiger partial charge in [0.15, 0.2) is 0 Å². The Morgan fingerprint density at radius 2 is 1.53 bits per heavy atom. The molecule has 2 heterocycles. The van der Waals surface area contributed by atoms with E-state index in [4.69, 9.17) is 4.74 Å². The number of anilines is 2. The van der Waals surface area contributed by atoms with Crippen LogP contribution in [0.15, 0.2) is 18.2 Å². The van der Waals surface area contributed by atoms with Crippen molar-refractivity contribution in [3.8, 4) is 0 Å². The summed E-state index contributed by atoms with van der Waals surface area (Å²) in [4.78, 5) is 8.00. The van der Waals surface area contributed by atoms with E-state index in [1.54, 1.807) is 5.56 Å². The number of benzene rings is 1. The Bertz CT molecular complexity index is 783. The van der Waals surface area contributed by atoms with Gasteiger partial charge in [-0.2, -0.15) is 0 Å². The van der Waals surface area contributed by atoms with E-state index in [0.29, 0.717) is 23.5 Å². The molecule has 5 rings (SSSR count). The monoisotopic (exact) mass is 489 g/mol. The zero-order valence-corrected chi connectivity index (χ0v) is 22.9. The summed E-state index contributed by atoms with van der Waals surface area (Å²) in [7, 11) is 0. The number of nitrogens with zero attached hydrogens (tertiary/aromatic N) is 3. The fourth-order valence-corrected chi connectivity index (χ4v) is 6.66. The molecular weight excluding hydrogens is 442 g/mol. The third-order valence-electron chi connectivity index (χ3n) is 9.03. The number of hydrogen-bond acceptors (Lipinski definition) is 4. The van der Waals surface area contributed by atoms with Crippen molar-refractivity contribution in [3.05, 3.63) is 23.8 Å². The van der Waals surface area contributed by atoms with Crippen molar-refractivity contribution in [2.75, 3.05) is 55.6 Å². The van der Waals surface area contributed by atoms with Crippen LogP contribution in [-0.4, -0.2) is 62.9 Å². The molecule has 0 radical (unpaired) electrons. The maximum atomic E-state index is 6.02. The van der Waals surface area contributed by atoms with Crippen molar-refractivity contribution in [1.29, 1.82) is 0 Å². The van der Waals surface area contributed by atoms with Gasteiger partial charge in [0, 0.05) is 57.2 Å². The molecule has 0 amide bonds. The van der Waals surface area contributed by atoms with Gasteiger partial charge in [0.2, 0.25) is 0 Å². The quantitative estimate of drug-likeness (QED) is 0.481. The lowest BCUT2D eigenvalue weighted by molar-refractivity contribution is -0.00522. The summed E-state index contributed by atoms with van der Waals surface area (Å²) in [6.07, 6.45) is 10.4. The smallest absolute Gasteiger partial charge is 0.0726 e. The molecule has 1 aromatic rings. The van der Waals surface area contributed by atoms with Crippen LogP contribution in [0.3, 0.4) is 0 Å². The highest BCUT2D eigenvalue weighted by Gasteiger charge is 2.32. The van der Waals surface area contributed by atoms with Gasteiger partial charge in [0.1, 0.15) is 0 Å². The molecule has 2 aliphatic heterocycles. The lowest BCUT2D eigenvalue weighted by Gasteiger charge is -2.42. The standard InChI is InChI=1S/C29H47N3O.ClH/c1-22-19-32(20-23(2)33-22)26-8-9-28(27(18-26)25-10-12-29(3,4)13-11-25)31-16-14-30(15-17-31)21-24-6-5-7-24;/h8-9,18,22-25H,5-7,10-17,19-21H2,1-4H3;1H. The minimum Gasteiger partial charge on any atom is -0.372 e. The first-order valence-electron chi connectivity index (χ1n) is 13.9. The molecule has 0 spiro atoms. The molecule has 4 aliphatic rings. The SMILES string of the molecule is CC1CN(c2ccc(N3CCN(CC4CCC4)CC3)c(C3CCC(C)(C)CC3)c2)CC(C)O1.Cl. The number of rotatable bonds is 5. The second kappa shape index (κ2) is 11.0. The Morgan fingerprint density at radius 1 is 0.882 bits per heavy atom. The molecule has 2 aliphatic carbocycles. The van der Waals surface area contributed by atoms with Gasteiger partial charge < -0.3 is 14.5 Å². The molecule has 4 fully saturated rings. The lowest BCUT2D eigenvalue weighted by atomic mass is 9.71. The van der Waals surface area contributed by atoms with Crippen LogP contribution in [0, 0.1) is 11.3 Å². The molecule has 2 unspecified atom stereocenters. The Kier molecular flexibility index (Phi) is 8.42. The highest BCUT2D eigenvalue weighted by atomic mass is 35.5. The van der Waals surface area contributed by atoms with Crippen molar-refractivity contribution in [1.82, 2.24) is 4.90 Å². The fourth-order valence-electron chi connectivity index (χ4n) is 6.66. The first-order chi connectivity index (χ1) is 15.9. The second-order valence-electron chi connectivity index (χ2n) is 12.4. The zero-order valence-electron chi connectivity index (χ0n) is 22.1. The van der Waals surface area contributed by atoms with E-state index in [0.717, 1.165) is 19.0 Å². The van der Waals surface area contributed by atoms with E-state index in [9.17, 15) is 0 Å². The topological polar surface area (TPSA) is 19.0 Å². The van der Waals surface area contributed by atoms with Crippen LogP contribution in [0.4, 0.5) is 11.4 Å². The van der Waals surface area contributed by atoms with Gasteiger partial charge in [-0.3, -0.25) is 4.90 Å². The van der Waals surface area contributed by atoms with Crippen molar-refractivity contribution < 1.29 is 4.74 Å². The predicted molar refractivity (Wildman–Crippen MR) is 147 cm³/mol. The summed E-state index contributed by atoms with van der Waals surface area (Å²) in [6, 6.07) is 7.44. The Labute approximate surface area is 214 Å². The molecule has 192 valence electrons. The molecule has 2 atom stereocenters. The molecule has 34 heavy (non-hydrogen) atoms. The number of piperazine rings is 1. The maximum Gasteiger partial charge on any atom is 0.0726 e. The highest BCUT2D eigenvalue weighted by Crippen LogP contribution is 2.46. The van der Waals surface area contributed by atoms with Crippen LogP contribution >= 0.6 is 12.4 Å². The molecule has 1 aromatic carbocycles. The first-order valence-corrected chi connectivity index (χ1v) is 13.9. The number of hydrogen-bond donors (Lipinski definition) is 0. The van der Waals surface area contributed by atoms with Gasteiger partial charge in [0.05, 0.1) is 12.2 Å². The van der Waals surface area contributed by atoms with Gasteiger partial charge in [0.25, 0.3) is 0 Å². The number of halogens is 1. The molecule has 0 N–H and O–H groups in total. The highest BCUT2D eigenvalue weighted by molar-refractivity contribution is 5.85. The van der Waals surface area contributed by atoms with Crippen molar-refractivity contribution >= 4 is 23.8 Å². The number of morpholine rings is 1. The van der Waals surface area contributed by atoms with Crippen molar-refractivity contribution in [2.24, 2.45) is 11.3 Å². The van der Waals surface area contributed by atoms with E-state index >= 15 is 0 Å². The zero-order chi connectivity index (χ0) is 23.0. The molecule has 5 heteroatoms. The average molecular weight is 490 g/mol. The summed E-state index contributed by atoms with van der Waals surface area (Å²) in [5.41, 5.74) is 5.07. The van der Waals surface area contributed by atoms with Crippen LogP contribution in [-0.2, 0) is 4.74 Å². The van der Waals surface area contributed by atoms with E-state index in [1.807, 2.05) is 0 Å². The number of ether oxygens (including phenoxy) is 1. The first kappa shape index (κ1) is 26.1. The minimum absolute atomic E-state index is 0. The van der Waals surface area contributed by atoms with Crippen LogP contribution < -0.4 is 9.80 Å². The molecule has 0 aromatic heterocycles. The molecule has 0 bridgehead atoms. The maximum absolute atomic E-state index is 6.02. The average Bonchev–Trinajstić information content (AvgIpc) is 2.76. The van der Waals surface area contributed by atoms with Gasteiger partial charge in [-0.1, -0.05) is 20.3 Å². The lowest BCUT2D eigenvalue weighted by Crippen LogP contribution is -2.48.